The molecule has 1 aliphatic heterocycles. The summed E-state index contributed by atoms with van der Waals surface area (Å²) in [6, 6.07) is 7.65. The number of carbonyl (C=O) groups is 1. The van der Waals surface area contributed by atoms with Crippen molar-refractivity contribution in [2.75, 3.05) is 31.6 Å². The second-order valence-electron chi connectivity index (χ2n) is 4.67. The monoisotopic (exact) mass is 374 g/mol. The summed E-state index contributed by atoms with van der Waals surface area (Å²) in [7, 11) is 0. The molecule has 1 aromatic carbocycles. The molecular weight excluding hydrogens is 355 g/mol. The highest BCUT2D eigenvalue weighted by Crippen LogP contribution is 2.12. The second kappa shape index (κ2) is 7.69. The molecule has 1 saturated heterocycles. The Morgan fingerprint density at radius 2 is 2.11 bits per heavy atom. The maximum absolute atomic E-state index is 11.6. The molecule has 0 atom stereocenters. The Morgan fingerprint density at radius 3 is 2.84 bits per heavy atom. The van der Waals surface area contributed by atoms with Crippen molar-refractivity contribution in [1.82, 2.24) is 4.90 Å². The van der Waals surface area contributed by atoms with E-state index in [1.54, 1.807) is 0 Å². The number of hydrogen-bond donors (Lipinski definition) is 1. The molecule has 104 valence electrons. The van der Waals surface area contributed by atoms with Gasteiger partial charge < -0.3 is 4.74 Å². The lowest BCUT2D eigenvalue weighted by Gasteiger charge is -2.25. The molecule has 1 N–H and O–H groups in total. The smallest absolute Gasteiger partial charge is 0.411 e. The van der Waals surface area contributed by atoms with Gasteiger partial charge in [0.2, 0.25) is 0 Å². The minimum atomic E-state index is -0.376. The molecule has 0 bridgehead atoms. The Bertz CT molecular complexity index is 420. The minimum absolute atomic E-state index is 0.376. The molecule has 5 heteroatoms. The van der Waals surface area contributed by atoms with Crippen molar-refractivity contribution in [3.05, 3.63) is 27.8 Å². The summed E-state index contributed by atoms with van der Waals surface area (Å²) >= 11 is 2.21. The number of amides is 1. The number of likely N-dealkylation sites (tertiary alicyclic amines) is 1. The lowest BCUT2D eigenvalue weighted by Crippen LogP contribution is -2.33. The first-order chi connectivity index (χ1) is 9.24. The molecule has 0 unspecified atom stereocenters. The van der Waals surface area contributed by atoms with Crippen molar-refractivity contribution in [2.45, 2.75) is 19.3 Å². The third-order valence-corrected chi connectivity index (χ3v) is 3.83. The maximum Gasteiger partial charge on any atom is 0.411 e. The van der Waals surface area contributed by atoms with Crippen molar-refractivity contribution < 1.29 is 9.53 Å². The van der Waals surface area contributed by atoms with E-state index < -0.39 is 0 Å². The van der Waals surface area contributed by atoms with E-state index in [2.05, 4.69) is 32.8 Å². The van der Waals surface area contributed by atoms with Crippen LogP contribution in [-0.4, -0.2) is 37.2 Å². The van der Waals surface area contributed by atoms with Gasteiger partial charge in [-0.3, -0.25) is 10.2 Å². The predicted octanol–water partition coefficient (Wildman–Crippen LogP) is 3.33. The molecule has 2 rings (SSSR count). The molecule has 0 spiro atoms. The van der Waals surface area contributed by atoms with Crippen LogP contribution in [0.1, 0.15) is 19.3 Å². The lowest BCUT2D eigenvalue weighted by molar-refractivity contribution is 0.131. The molecule has 19 heavy (non-hydrogen) atoms. The zero-order valence-corrected chi connectivity index (χ0v) is 13.1. The van der Waals surface area contributed by atoms with E-state index in [1.165, 1.54) is 19.3 Å². The first-order valence-corrected chi connectivity index (χ1v) is 7.73. The van der Waals surface area contributed by atoms with E-state index in [0.29, 0.717) is 6.61 Å². The summed E-state index contributed by atoms with van der Waals surface area (Å²) in [6.45, 7) is 3.54. The molecule has 1 fully saturated rings. The van der Waals surface area contributed by atoms with Crippen LogP contribution in [0.15, 0.2) is 24.3 Å². The average Bonchev–Trinajstić information content (AvgIpc) is 2.40. The summed E-state index contributed by atoms with van der Waals surface area (Å²) < 4.78 is 6.28. The number of nitrogens with zero attached hydrogens (tertiary/aromatic N) is 1. The zero-order chi connectivity index (χ0) is 13.5. The third kappa shape index (κ3) is 5.36. The van der Waals surface area contributed by atoms with Crippen LogP contribution in [0.3, 0.4) is 0 Å². The predicted molar refractivity (Wildman–Crippen MR) is 84.4 cm³/mol. The van der Waals surface area contributed by atoms with Crippen LogP contribution in [-0.2, 0) is 4.74 Å². The minimum Gasteiger partial charge on any atom is -0.448 e. The number of carbonyl (C=O) groups excluding carboxylic acids is 1. The number of piperidine rings is 1. The normalized spacial score (nSPS) is 16.1. The number of rotatable bonds is 4. The van der Waals surface area contributed by atoms with Gasteiger partial charge >= 0.3 is 6.09 Å². The number of benzene rings is 1. The fourth-order valence-electron chi connectivity index (χ4n) is 2.17. The molecule has 1 aliphatic rings. The Hall–Kier alpha value is -0.820. The van der Waals surface area contributed by atoms with E-state index in [1.807, 2.05) is 24.3 Å². The Morgan fingerprint density at radius 1 is 1.32 bits per heavy atom. The van der Waals surface area contributed by atoms with Gasteiger partial charge in [0.25, 0.3) is 0 Å². The Kier molecular flexibility index (Phi) is 5.91. The van der Waals surface area contributed by atoms with Gasteiger partial charge in [0.1, 0.15) is 6.61 Å². The maximum atomic E-state index is 11.6. The zero-order valence-electron chi connectivity index (χ0n) is 10.9. The largest absolute Gasteiger partial charge is 0.448 e. The number of nitrogens with one attached hydrogen (secondary N) is 1. The van der Waals surface area contributed by atoms with E-state index in [0.717, 1.165) is 28.9 Å². The number of ether oxygens (including phenoxy) is 1. The van der Waals surface area contributed by atoms with Crippen LogP contribution in [0, 0.1) is 3.57 Å². The van der Waals surface area contributed by atoms with Crippen LogP contribution >= 0.6 is 22.6 Å². The molecule has 4 nitrogen and oxygen atoms in total. The molecule has 0 aromatic heterocycles. The Labute approximate surface area is 127 Å². The first-order valence-electron chi connectivity index (χ1n) is 6.66. The van der Waals surface area contributed by atoms with Gasteiger partial charge in [0, 0.05) is 15.8 Å². The lowest BCUT2D eigenvalue weighted by atomic mass is 10.1. The number of anilines is 1. The Balaban J connectivity index is 1.67. The molecule has 0 aliphatic carbocycles. The molecule has 1 aromatic rings. The van der Waals surface area contributed by atoms with Gasteiger partial charge in [-0.05, 0) is 66.7 Å². The van der Waals surface area contributed by atoms with Crippen LogP contribution in [0.25, 0.3) is 0 Å². The van der Waals surface area contributed by atoms with Crippen LogP contribution in [0.4, 0.5) is 10.5 Å². The summed E-state index contributed by atoms with van der Waals surface area (Å²) in [5.74, 6) is 0. The molecular formula is C14H19IN2O2. The van der Waals surface area contributed by atoms with Crippen LogP contribution < -0.4 is 5.32 Å². The standard InChI is InChI=1S/C14H19IN2O2/c15-12-5-4-6-13(11-12)16-14(18)19-10-9-17-7-2-1-3-8-17/h4-6,11H,1-3,7-10H2,(H,16,18). The highest BCUT2D eigenvalue weighted by molar-refractivity contribution is 14.1. The summed E-state index contributed by atoms with van der Waals surface area (Å²) in [5, 5.41) is 2.74. The van der Waals surface area contributed by atoms with E-state index in [4.69, 9.17) is 4.74 Å². The topological polar surface area (TPSA) is 41.6 Å². The van der Waals surface area contributed by atoms with Crippen molar-refractivity contribution in [2.24, 2.45) is 0 Å². The average molecular weight is 374 g/mol. The second-order valence-corrected chi connectivity index (χ2v) is 5.92. The molecule has 1 heterocycles. The summed E-state index contributed by atoms with van der Waals surface area (Å²) in [5.41, 5.74) is 0.773. The van der Waals surface area contributed by atoms with Crippen LogP contribution in [0.5, 0.6) is 0 Å². The molecule has 0 radical (unpaired) electrons. The third-order valence-electron chi connectivity index (χ3n) is 3.16. The first kappa shape index (κ1) is 14.6. The van der Waals surface area contributed by atoms with Crippen LogP contribution in [0.2, 0.25) is 0 Å². The van der Waals surface area contributed by atoms with Gasteiger partial charge in [-0.1, -0.05) is 12.5 Å². The van der Waals surface area contributed by atoms with Gasteiger partial charge in [0.15, 0.2) is 0 Å². The van der Waals surface area contributed by atoms with Crippen molar-refractivity contribution in [3.63, 3.8) is 0 Å². The fraction of sp³-hybridized carbons (Fsp3) is 0.500. The highest BCUT2D eigenvalue weighted by atomic mass is 127. The van der Waals surface area contributed by atoms with Crippen molar-refractivity contribution in [3.8, 4) is 0 Å². The van der Waals surface area contributed by atoms with E-state index >= 15 is 0 Å². The number of halogens is 1. The van der Waals surface area contributed by atoms with Gasteiger partial charge in [0.05, 0.1) is 0 Å². The van der Waals surface area contributed by atoms with Crippen molar-refractivity contribution >= 4 is 34.4 Å². The van der Waals surface area contributed by atoms with Gasteiger partial charge in [-0.25, -0.2) is 4.79 Å². The molecule has 0 saturated carbocycles. The summed E-state index contributed by atoms with van der Waals surface area (Å²) in [4.78, 5) is 14.0. The van der Waals surface area contributed by atoms with E-state index in [-0.39, 0.29) is 6.09 Å². The SMILES string of the molecule is O=C(Nc1cccc(I)c1)OCCN1CCCCC1. The highest BCUT2D eigenvalue weighted by Gasteiger charge is 2.10. The van der Waals surface area contributed by atoms with Crippen molar-refractivity contribution in [1.29, 1.82) is 0 Å². The van der Waals surface area contributed by atoms with Gasteiger partial charge in [-0.2, -0.15) is 0 Å². The van der Waals surface area contributed by atoms with E-state index in [9.17, 15) is 4.79 Å². The summed E-state index contributed by atoms with van der Waals surface area (Å²) in [6.07, 6.45) is 3.47. The quantitative estimate of drug-likeness (QED) is 0.823. The van der Waals surface area contributed by atoms with Gasteiger partial charge in [-0.15, -0.1) is 0 Å². The fourth-order valence-corrected chi connectivity index (χ4v) is 2.71. The molecule has 1 amide bonds. The number of hydrogen-bond acceptors (Lipinski definition) is 3.